The van der Waals surface area contributed by atoms with Gasteiger partial charge in [-0.15, -0.1) is 0 Å². The maximum absolute atomic E-state index is 8.13. The number of hydrogen-bond donors (Lipinski definition) is 3. The van der Waals surface area contributed by atoms with Crippen LogP contribution in [0, 0.1) is 0 Å². The van der Waals surface area contributed by atoms with Crippen LogP contribution in [-0.4, -0.2) is 30.0 Å². The summed E-state index contributed by atoms with van der Waals surface area (Å²) in [6.07, 6.45) is -0.296. The van der Waals surface area contributed by atoms with Gasteiger partial charge in [-0.05, 0) is 6.92 Å². The van der Waals surface area contributed by atoms with Crippen molar-refractivity contribution in [2.75, 3.05) is 6.54 Å². The Labute approximate surface area is 48.4 Å². The second-order valence-corrected chi connectivity index (χ2v) is 1.51. The molecule has 0 fully saturated rings. The van der Waals surface area contributed by atoms with Crippen LogP contribution in [0.2, 0.25) is 0 Å². The molecule has 1 atom stereocenters. The Morgan fingerprint density at radius 2 is 2.25 bits per heavy atom. The summed E-state index contributed by atoms with van der Waals surface area (Å²) in [4.78, 5) is 0. The van der Waals surface area contributed by atoms with Gasteiger partial charge in [-0.25, -0.2) is 0 Å². The fourth-order valence-corrected chi connectivity index (χ4v) is 0.263. The van der Waals surface area contributed by atoms with Crippen LogP contribution in [-0.2, 0) is 4.65 Å². The zero-order chi connectivity index (χ0) is 6.57. The molecule has 1 unspecified atom stereocenters. The van der Waals surface area contributed by atoms with Gasteiger partial charge in [-0.3, -0.25) is 0 Å². The monoisotopic (exact) mass is 119 g/mol. The van der Waals surface area contributed by atoms with Gasteiger partial charge >= 0.3 is 7.32 Å². The molecule has 0 rings (SSSR count). The number of nitrogens with two attached hydrogens (primary N) is 1. The van der Waals surface area contributed by atoms with Crippen LogP contribution in [0.3, 0.4) is 0 Å². The molecule has 0 saturated heterocycles. The molecule has 0 aliphatic rings. The van der Waals surface area contributed by atoms with Crippen molar-refractivity contribution in [2.24, 2.45) is 5.73 Å². The normalized spacial score (nSPS) is 13.5. The first kappa shape index (κ1) is 7.90. The summed E-state index contributed by atoms with van der Waals surface area (Å²) in [5, 5.41) is 16.3. The molecule has 5 heteroatoms. The van der Waals surface area contributed by atoms with Gasteiger partial charge in [0.15, 0.2) is 0 Å². The molecule has 0 saturated carbocycles. The first-order chi connectivity index (χ1) is 3.66. The lowest BCUT2D eigenvalue weighted by molar-refractivity contribution is 0.135. The molecule has 0 spiro atoms. The number of rotatable bonds is 3. The Morgan fingerprint density at radius 1 is 1.75 bits per heavy atom. The van der Waals surface area contributed by atoms with Gasteiger partial charge in [-0.1, -0.05) is 0 Å². The molecule has 0 aromatic carbocycles. The first-order valence-corrected chi connectivity index (χ1v) is 2.38. The molecule has 0 aromatic heterocycles. The van der Waals surface area contributed by atoms with E-state index in [0.29, 0.717) is 0 Å². The fourth-order valence-electron chi connectivity index (χ4n) is 0.263. The number of hydrogen-bond acceptors (Lipinski definition) is 4. The van der Waals surface area contributed by atoms with Crippen molar-refractivity contribution in [3.63, 3.8) is 0 Å². The third kappa shape index (κ3) is 4.07. The van der Waals surface area contributed by atoms with Crippen LogP contribution in [0.5, 0.6) is 0 Å². The highest BCUT2D eigenvalue weighted by Crippen LogP contribution is 1.85. The Kier molecular flexibility index (Phi) is 3.81. The molecule has 0 amide bonds. The zero-order valence-electron chi connectivity index (χ0n) is 4.74. The summed E-state index contributed by atoms with van der Waals surface area (Å²) in [6, 6.07) is 0. The van der Waals surface area contributed by atoms with Crippen molar-refractivity contribution >= 4 is 7.32 Å². The molecule has 0 aliphatic heterocycles. The van der Waals surface area contributed by atoms with Gasteiger partial charge in [0.1, 0.15) is 0 Å². The van der Waals surface area contributed by atoms with E-state index in [1.165, 1.54) is 0 Å². The second-order valence-electron chi connectivity index (χ2n) is 1.51. The fraction of sp³-hybridized carbons (Fsp3) is 1.00. The molecule has 0 aliphatic carbocycles. The highest BCUT2D eigenvalue weighted by molar-refractivity contribution is 6.32. The molecule has 0 heterocycles. The van der Waals surface area contributed by atoms with E-state index >= 15 is 0 Å². The molecule has 4 nitrogen and oxygen atoms in total. The average molecular weight is 119 g/mol. The van der Waals surface area contributed by atoms with Gasteiger partial charge in [0.25, 0.3) is 0 Å². The minimum absolute atomic E-state index is 0.289. The van der Waals surface area contributed by atoms with Crippen LogP contribution in [0.25, 0.3) is 0 Å². The van der Waals surface area contributed by atoms with Gasteiger partial charge in [0, 0.05) is 6.54 Å². The SMILES string of the molecule is CC(CN)OB(O)O. The van der Waals surface area contributed by atoms with Crippen LogP contribution in [0.1, 0.15) is 6.92 Å². The van der Waals surface area contributed by atoms with Crippen molar-refractivity contribution < 1.29 is 14.7 Å². The van der Waals surface area contributed by atoms with Crippen molar-refractivity contribution in [1.29, 1.82) is 0 Å². The topological polar surface area (TPSA) is 75.7 Å². The summed E-state index contributed by atoms with van der Waals surface area (Å²) < 4.78 is 4.39. The molecule has 4 N–H and O–H groups in total. The Balaban J connectivity index is 3.10. The van der Waals surface area contributed by atoms with Crippen LogP contribution in [0.15, 0.2) is 0 Å². The van der Waals surface area contributed by atoms with Crippen LogP contribution >= 0.6 is 0 Å². The summed E-state index contributed by atoms with van der Waals surface area (Å²) >= 11 is 0. The summed E-state index contributed by atoms with van der Waals surface area (Å²) in [6.45, 7) is 1.94. The van der Waals surface area contributed by atoms with Gasteiger partial charge in [-0.2, -0.15) is 0 Å². The molecule has 8 heavy (non-hydrogen) atoms. The van der Waals surface area contributed by atoms with Crippen LogP contribution < -0.4 is 5.73 Å². The molecule has 0 radical (unpaired) electrons. The summed E-state index contributed by atoms with van der Waals surface area (Å²) in [5.41, 5.74) is 5.07. The standard InChI is InChI=1S/C3H10BNO3/c1-3(2-5)8-4(6)7/h3,6-7H,2,5H2,1H3. The maximum Gasteiger partial charge on any atom is 0.634 e. The van der Waals surface area contributed by atoms with E-state index in [-0.39, 0.29) is 12.6 Å². The van der Waals surface area contributed by atoms with Crippen LogP contribution in [0.4, 0.5) is 0 Å². The lowest BCUT2D eigenvalue weighted by Gasteiger charge is -2.07. The zero-order valence-corrected chi connectivity index (χ0v) is 4.74. The smallest absolute Gasteiger partial charge is 0.402 e. The van der Waals surface area contributed by atoms with E-state index < -0.39 is 7.32 Å². The average Bonchev–Trinajstić information content (AvgIpc) is 1.65. The lowest BCUT2D eigenvalue weighted by atomic mass is 10.2. The van der Waals surface area contributed by atoms with E-state index in [1.54, 1.807) is 6.92 Å². The Morgan fingerprint density at radius 3 is 2.38 bits per heavy atom. The first-order valence-electron chi connectivity index (χ1n) is 2.38. The van der Waals surface area contributed by atoms with E-state index in [0.717, 1.165) is 0 Å². The molecule has 0 aromatic rings. The molecular weight excluding hydrogens is 109 g/mol. The van der Waals surface area contributed by atoms with E-state index in [9.17, 15) is 0 Å². The summed E-state index contributed by atoms with van der Waals surface area (Å²) in [5.74, 6) is 0. The van der Waals surface area contributed by atoms with Gasteiger partial charge in [0.05, 0.1) is 6.10 Å². The third-order valence-electron chi connectivity index (χ3n) is 0.686. The quantitative estimate of drug-likeness (QED) is 0.388. The lowest BCUT2D eigenvalue weighted by Crippen LogP contribution is -2.29. The predicted octanol–water partition coefficient (Wildman–Crippen LogP) is -1.68. The predicted molar refractivity (Wildman–Crippen MR) is 29.8 cm³/mol. The van der Waals surface area contributed by atoms with E-state index in [2.05, 4.69) is 4.65 Å². The van der Waals surface area contributed by atoms with Crippen molar-refractivity contribution in [3.8, 4) is 0 Å². The summed E-state index contributed by atoms with van der Waals surface area (Å²) in [7, 11) is -1.70. The van der Waals surface area contributed by atoms with E-state index in [4.69, 9.17) is 15.8 Å². The van der Waals surface area contributed by atoms with Crippen molar-refractivity contribution in [2.45, 2.75) is 13.0 Å². The minimum atomic E-state index is -1.70. The highest BCUT2D eigenvalue weighted by Gasteiger charge is 2.11. The molecule has 48 valence electrons. The Hall–Kier alpha value is -0.0951. The minimum Gasteiger partial charge on any atom is -0.402 e. The highest BCUT2D eigenvalue weighted by atomic mass is 16.6. The molecule has 0 bridgehead atoms. The van der Waals surface area contributed by atoms with Crippen molar-refractivity contribution in [1.82, 2.24) is 0 Å². The van der Waals surface area contributed by atoms with E-state index in [1.807, 2.05) is 0 Å². The van der Waals surface area contributed by atoms with Crippen molar-refractivity contribution in [3.05, 3.63) is 0 Å². The maximum atomic E-state index is 8.13. The second kappa shape index (κ2) is 3.85. The largest absolute Gasteiger partial charge is 0.634 e. The Bertz CT molecular complexity index is 60.5. The molecular formula is C3H10BNO3. The van der Waals surface area contributed by atoms with Gasteiger partial charge < -0.3 is 20.4 Å². The van der Waals surface area contributed by atoms with Gasteiger partial charge in [0.2, 0.25) is 0 Å². The third-order valence-corrected chi connectivity index (χ3v) is 0.686.